The first-order chi connectivity index (χ1) is 18.0. The zero-order valence-corrected chi connectivity index (χ0v) is 23.2. The zero-order chi connectivity index (χ0) is 25.8. The molecule has 1 aromatic heterocycles. The van der Waals surface area contributed by atoms with Crippen molar-refractivity contribution in [2.75, 3.05) is 26.7 Å². The van der Waals surface area contributed by atoms with Gasteiger partial charge in [0.15, 0.2) is 0 Å². The van der Waals surface area contributed by atoms with Crippen molar-refractivity contribution in [3.8, 4) is 17.0 Å². The minimum absolute atomic E-state index is 0. The maximum Gasteiger partial charge on any atom is 0.407 e. The van der Waals surface area contributed by atoms with Gasteiger partial charge < -0.3 is 24.8 Å². The SMILES string of the molecule is CN1CCC(Oc2ccc(C[C@H](NC(=O)OCC3c4ccccc4-c4ccccc43)C(=O)O)cn2)CC1.Cl.Cl. The second-order valence-corrected chi connectivity index (χ2v) is 9.69. The summed E-state index contributed by atoms with van der Waals surface area (Å²) in [6.45, 7) is 2.10. The fourth-order valence-corrected chi connectivity index (χ4v) is 5.09. The number of carbonyl (C=O) groups excluding carboxylic acids is 1. The highest BCUT2D eigenvalue weighted by Gasteiger charge is 2.30. The van der Waals surface area contributed by atoms with E-state index in [1.165, 1.54) is 0 Å². The Morgan fingerprint density at radius 2 is 1.62 bits per heavy atom. The Labute approximate surface area is 240 Å². The van der Waals surface area contributed by atoms with E-state index in [2.05, 4.69) is 34.4 Å². The van der Waals surface area contributed by atoms with Gasteiger partial charge in [-0.25, -0.2) is 14.6 Å². The molecule has 39 heavy (non-hydrogen) atoms. The van der Waals surface area contributed by atoms with E-state index < -0.39 is 18.1 Å². The number of carbonyl (C=O) groups is 2. The number of amides is 1. The van der Waals surface area contributed by atoms with Crippen LogP contribution in [-0.2, 0) is 16.0 Å². The number of fused-ring (bicyclic) bond motifs is 3. The molecule has 10 heteroatoms. The Hall–Kier alpha value is -3.33. The van der Waals surface area contributed by atoms with E-state index in [9.17, 15) is 14.7 Å². The molecule has 0 bridgehead atoms. The van der Waals surface area contributed by atoms with Crippen LogP contribution in [0.5, 0.6) is 5.88 Å². The Balaban J connectivity index is 0.00000210. The van der Waals surface area contributed by atoms with E-state index in [1.807, 2.05) is 36.4 Å². The van der Waals surface area contributed by atoms with Crippen LogP contribution >= 0.6 is 24.8 Å². The normalized spacial score (nSPS) is 15.6. The van der Waals surface area contributed by atoms with E-state index >= 15 is 0 Å². The highest BCUT2D eigenvalue weighted by molar-refractivity contribution is 5.85. The fraction of sp³-hybridized carbons (Fsp3) is 0.345. The molecule has 1 saturated heterocycles. The maximum atomic E-state index is 12.6. The van der Waals surface area contributed by atoms with Gasteiger partial charge in [-0.2, -0.15) is 0 Å². The lowest BCUT2D eigenvalue weighted by molar-refractivity contribution is -0.139. The molecule has 2 heterocycles. The predicted molar refractivity (Wildman–Crippen MR) is 153 cm³/mol. The molecule has 2 aliphatic rings. The smallest absolute Gasteiger partial charge is 0.407 e. The highest BCUT2D eigenvalue weighted by atomic mass is 35.5. The van der Waals surface area contributed by atoms with Crippen molar-refractivity contribution < 1.29 is 24.2 Å². The number of carboxylic acids is 1. The van der Waals surface area contributed by atoms with Crippen LogP contribution in [0.25, 0.3) is 11.1 Å². The number of aromatic nitrogens is 1. The van der Waals surface area contributed by atoms with Crippen LogP contribution in [0.3, 0.4) is 0 Å². The summed E-state index contributed by atoms with van der Waals surface area (Å²) in [5.41, 5.74) is 5.14. The molecule has 8 nitrogen and oxygen atoms in total. The van der Waals surface area contributed by atoms with Gasteiger partial charge in [-0.1, -0.05) is 54.6 Å². The van der Waals surface area contributed by atoms with Gasteiger partial charge in [-0.3, -0.25) is 0 Å². The van der Waals surface area contributed by atoms with Crippen molar-refractivity contribution in [1.82, 2.24) is 15.2 Å². The quantitative estimate of drug-likeness (QED) is 0.394. The number of nitrogens with one attached hydrogen (secondary N) is 1. The van der Waals surface area contributed by atoms with Crippen molar-refractivity contribution >= 4 is 36.9 Å². The van der Waals surface area contributed by atoms with Crippen molar-refractivity contribution in [3.63, 3.8) is 0 Å². The van der Waals surface area contributed by atoms with Gasteiger partial charge in [-0.05, 0) is 47.7 Å². The molecule has 2 aromatic carbocycles. The molecule has 1 aliphatic heterocycles. The first kappa shape index (κ1) is 30.2. The summed E-state index contributed by atoms with van der Waals surface area (Å²) in [4.78, 5) is 31.1. The number of piperidine rings is 1. The number of nitrogens with zero attached hydrogens (tertiary/aromatic N) is 2. The van der Waals surface area contributed by atoms with Gasteiger partial charge in [0.05, 0.1) is 0 Å². The van der Waals surface area contributed by atoms with Crippen molar-refractivity contribution in [2.24, 2.45) is 0 Å². The van der Waals surface area contributed by atoms with Gasteiger partial charge in [0.25, 0.3) is 0 Å². The summed E-state index contributed by atoms with van der Waals surface area (Å²) < 4.78 is 11.5. The second-order valence-electron chi connectivity index (χ2n) is 9.69. The molecule has 1 aliphatic carbocycles. The van der Waals surface area contributed by atoms with Gasteiger partial charge >= 0.3 is 12.1 Å². The van der Waals surface area contributed by atoms with Crippen LogP contribution in [0.4, 0.5) is 4.79 Å². The number of alkyl carbamates (subject to hydrolysis) is 1. The minimum atomic E-state index is -1.14. The lowest BCUT2D eigenvalue weighted by atomic mass is 9.98. The molecule has 0 saturated carbocycles. The summed E-state index contributed by atoms with van der Waals surface area (Å²) >= 11 is 0. The fourth-order valence-electron chi connectivity index (χ4n) is 5.09. The number of halogens is 2. The third-order valence-electron chi connectivity index (χ3n) is 7.12. The molecule has 0 spiro atoms. The van der Waals surface area contributed by atoms with Crippen LogP contribution < -0.4 is 10.1 Å². The number of benzene rings is 2. The molecule has 0 radical (unpaired) electrons. The van der Waals surface area contributed by atoms with Crippen molar-refractivity contribution in [1.29, 1.82) is 0 Å². The Morgan fingerprint density at radius 3 is 2.18 bits per heavy atom. The maximum absolute atomic E-state index is 12.6. The van der Waals surface area contributed by atoms with E-state index in [-0.39, 0.29) is 49.9 Å². The van der Waals surface area contributed by atoms with Gasteiger partial charge in [-0.15, -0.1) is 24.8 Å². The molecular weight excluding hydrogens is 541 g/mol. The van der Waals surface area contributed by atoms with Gasteiger partial charge in [0, 0.05) is 37.7 Å². The van der Waals surface area contributed by atoms with E-state index in [0.29, 0.717) is 11.4 Å². The molecule has 208 valence electrons. The second kappa shape index (κ2) is 13.6. The van der Waals surface area contributed by atoms with Crippen LogP contribution in [-0.4, -0.2) is 65.9 Å². The molecular formula is C29H33Cl2N3O5. The Kier molecular flexibility index (Phi) is 10.6. The number of likely N-dealkylation sites (tertiary alicyclic amines) is 1. The highest BCUT2D eigenvalue weighted by Crippen LogP contribution is 2.44. The van der Waals surface area contributed by atoms with E-state index in [1.54, 1.807) is 18.3 Å². The third kappa shape index (κ3) is 7.20. The summed E-state index contributed by atoms with van der Waals surface area (Å²) in [5, 5.41) is 12.2. The van der Waals surface area contributed by atoms with E-state index in [0.717, 1.165) is 48.2 Å². The van der Waals surface area contributed by atoms with E-state index in [4.69, 9.17) is 9.47 Å². The third-order valence-corrected chi connectivity index (χ3v) is 7.12. The minimum Gasteiger partial charge on any atom is -0.480 e. The number of rotatable bonds is 8. The lowest BCUT2D eigenvalue weighted by Crippen LogP contribution is -2.43. The zero-order valence-electron chi connectivity index (χ0n) is 21.6. The Morgan fingerprint density at radius 1 is 1.00 bits per heavy atom. The van der Waals surface area contributed by atoms with Gasteiger partial charge in [0.1, 0.15) is 18.8 Å². The van der Waals surface area contributed by atoms with Crippen LogP contribution in [0.15, 0.2) is 66.9 Å². The molecule has 1 fully saturated rings. The number of ether oxygens (including phenoxy) is 2. The average Bonchev–Trinajstić information content (AvgIpc) is 3.23. The molecule has 3 aromatic rings. The lowest BCUT2D eigenvalue weighted by Gasteiger charge is -2.28. The number of hydrogen-bond acceptors (Lipinski definition) is 6. The Bertz CT molecular complexity index is 1220. The molecule has 2 N–H and O–H groups in total. The molecule has 1 atom stereocenters. The number of carboxylic acid groups (broad SMARTS) is 1. The number of pyridine rings is 1. The predicted octanol–water partition coefficient (Wildman–Crippen LogP) is 4.93. The summed E-state index contributed by atoms with van der Waals surface area (Å²) in [6.07, 6.45) is 2.96. The standard InChI is InChI=1S/C29H31N3O5.2ClH/c1-32-14-12-20(13-15-32)37-27-11-10-19(17-30-27)16-26(28(33)34)31-29(35)36-18-25-23-8-4-2-6-21(23)22-7-3-5-9-24(22)25;;/h2-11,17,20,25-26H,12-16,18H2,1H3,(H,31,35)(H,33,34);2*1H/t26-;;/m0../s1. The summed E-state index contributed by atoms with van der Waals surface area (Å²) in [7, 11) is 2.10. The monoisotopic (exact) mass is 573 g/mol. The number of aliphatic carboxylic acids is 1. The first-order valence-electron chi connectivity index (χ1n) is 12.6. The largest absolute Gasteiger partial charge is 0.480 e. The van der Waals surface area contributed by atoms with Crippen molar-refractivity contribution in [3.05, 3.63) is 83.6 Å². The molecule has 5 rings (SSSR count). The summed E-state index contributed by atoms with van der Waals surface area (Å²) in [5.74, 6) is -0.711. The van der Waals surface area contributed by atoms with Gasteiger partial charge in [0.2, 0.25) is 5.88 Å². The molecule has 0 unspecified atom stereocenters. The topological polar surface area (TPSA) is 101 Å². The van der Waals surface area contributed by atoms with Crippen LogP contribution in [0, 0.1) is 0 Å². The number of hydrogen-bond donors (Lipinski definition) is 2. The average molecular weight is 575 g/mol. The molecule has 1 amide bonds. The summed E-state index contributed by atoms with van der Waals surface area (Å²) in [6, 6.07) is 18.5. The van der Waals surface area contributed by atoms with Crippen LogP contribution in [0.1, 0.15) is 35.4 Å². The van der Waals surface area contributed by atoms with Crippen molar-refractivity contribution in [2.45, 2.75) is 37.3 Å². The van der Waals surface area contributed by atoms with Crippen LogP contribution in [0.2, 0.25) is 0 Å². The first-order valence-corrected chi connectivity index (χ1v) is 12.6.